The van der Waals surface area contributed by atoms with E-state index >= 15 is 0 Å². The van der Waals surface area contributed by atoms with E-state index in [1.807, 2.05) is 0 Å². The van der Waals surface area contributed by atoms with Crippen LogP contribution >= 0.6 is 11.6 Å². The molecule has 1 aliphatic rings. The van der Waals surface area contributed by atoms with Crippen LogP contribution in [0.5, 0.6) is 0 Å². The van der Waals surface area contributed by atoms with Crippen LogP contribution in [0.4, 0.5) is 4.39 Å². The maximum Gasteiger partial charge on any atom is 0.304 e. The van der Waals surface area contributed by atoms with Gasteiger partial charge in [-0.05, 0) is 37.1 Å². The van der Waals surface area contributed by atoms with Crippen LogP contribution in [0.2, 0.25) is 5.02 Å². The zero-order chi connectivity index (χ0) is 13.8. The number of nitrogens with zero attached hydrogens (tertiary/aromatic N) is 1. The summed E-state index contributed by atoms with van der Waals surface area (Å²) in [4.78, 5) is 13.0. The number of hydrogen-bond acceptors (Lipinski definition) is 2. The molecule has 1 aromatic carbocycles. The van der Waals surface area contributed by atoms with Gasteiger partial charge in [0.25, 0.3) is 0 Å². The lowest BCUT2D eigenvalue weighted by atomic mass is 9.98. The highest BCUT2D eigenvalue weighted by molar-refractivity contribution is 6.31. The average Bonchev–Trinajstić information content (AvgIpc) is 2.34. The first-order valence-electron chi connectivity index (χ1n) is 6.46. The zero-order valence-corrected chi connectivity index (χ0v) is 11.4. The number of aliphatic carboxylic acids is 1. The van der Waals surface area contributed by atoms with Gasteiger partial charge < -0.3 is 5.11 Å². The van der Waals surface area contributed by atoms with Crippen LogP contribution in [-0.2, 0) is 11.3 Å². The summed E-state index contributed by atoms with van der Waals surface area (Å²) >= 11 is 6.02. The highest BCUT2D eigenvalue weighted by Crippen LogP contribution is 2.25. The third kappa shape index (κ3) is 3.91. The SMILES string of the molecule is O=C(O)C[C@H]1CCCCN1Cc1ccc(F)cc1Cl. The third-order valence-electron chi connectivity index (χ3n) is 3.55. The van der Waals surface area contributed by atoms with Gasteiger partial charge in [0, 0.05) is 17.6 Å². The Labute approximate surface area is 117 Å². The summed E-state index contributed by atoms with van der Waals surface area (Å²) in [6.07, 6.45) is 3.17. The molecule has 5 heteroatoms. The van der Waals surface area contributed by atoms with Crippen LogP contribution in [0, 0.1) is 5.82 Å². The monoisotopic (exact) mass is 285 g/mol. The molecule has 0 radical (unpaired) electrons. The van der Waals surface area contributed by atoms with E-state index in [-0.39, 0.29) is 18.3 Å². The average molecular weight is 286 g/mol. The zero-order valence-electron chi connectivity index (χ0n) is 10.6. The molecule has 19 heavy (non-hydrogen) atoms. The summed E-state index contributed by atoms with van der Waals surface area (Å²) < 4.78 is 13.0. The summed E-state index contributed by atoms with van der Waals surface area (Å²) in [6, 6.07) is 4.40. The maximum absolute atomic E-state index is 13.0. The number of benzene rings is 1. The van der Waals surface area contributed by atoms with E-state index in [0.29, 0.717) is 11.6 Å². The van der Waals surface area contributed by atoms with Gasteiger partial charge in [0.1, 0.15) is 5.82 Å². The van der Waals surface area contributed by atoms with Crippen molar-refractivity contribution in [3.8, 4) is 0 Å². The van der Waals surface area contributed by atoms with Crippen molar-refractivity contribution in [3.05, 3.63) is 34.6 Å². The molecule has 1 heterocycles. The molecule has 1 aromatic rings. The van der Waals surface area contributed by atoms with Crippen molar-refractivity contribution in [1.82, 2.24) is 4.90 Å². The van der Waals surface area contributed by atoms with Gasteiger partial charge in [-0.25, -0.2) is 4.39 Å². The fourth-order valence-corrected chi connectivity index (χ4v) is 2.80. The van der Waals surface area contributed by atoms with Crippen LogP contribution in [0.1, 0.15) is 31.2 Å². The molecule has 0 saturated carbocycles. The molecule has 0 aromatic heterocycles. The highest BCUT2D eigenvalue weighted by Gasteiger charge is 2.25. The van der Waals surface area contributed by atoms with Gasteiger partial charge in [0.2, 0.25) is 0 Å². The lowest BCUT2D eigenvalue weighted by molar-refractivity contribution is -0.138. The number of piperidine rings is 1. The molecule has 2 rings (SSSR count). The van der Waals surface area contributed by atoms with Crippen molar-refractivity contribution in [2.75, 3.05) is 6.54 Å². The number of carbonyl (C=O) groups is 1. The first-order valence-corrected chi connectivity index (χ1v) is 6.84. The summed E-state index contributed by atoms with van der Waals surface area (Å²) in [6.45, 7) is 1.45. The topological polar surface area (TPSA) is 40.5 Å². The molecule has 0 amide bonds. The van der Waals surface area contributed by atoms with Crippen LogP contribution in [0.15, 0.2) is 18.2 Å². The van der Waals surface area contributed by atoms with Crippen molar-refractivity contribution in [2.24, 2.45) is 0 Å². The Kier molecular flexibility index (Phi) is 4.77. The molecule has 0 unspecified atom stereocenters. The molecule has 0 aliphatic carbocycles. The van der Waals surface area contributed by atoms with E-state index in [1.165, 1.54) is 12.1 Å². The molecule has 0 spiro atoms. The van der Waals surface area contributed by atoms with Crippen molar-refractivity contribution in [1.29, 1.82) is 0 Å². The van der Waals surface area contributed by atoms with E-state index in [2.05, 4.69) is 4.90 Å². The van der Waals surface area contributed by atoms with Gasteiger partial charge in [0.05, 0.1) is 6.42 Å². The largest absolute Gasteiger partial charge is 0.481 e. The van der Waals surface area contributed by atoms with Crippen LogP contribution < -0.4 is 0 Å². The molecular formula is C14H17ClFNO2. The first-order chi connectivity index (χ1) is 9.06. The quantitative estimate of drug-likeness (QED) is 0.923. The van der Waals surface area contributed by atoms with E-state index in [9.17, 15) is 9.18 Å². The van der Waals surface area contributed by atoms with Gasteiger partial charge in [-0.15, -0.1) is 0 Å². The Morgan fingerprint density at radius 1 is 1.47 bits per heavy atom. The Balaban J connectivity index is 2.08. The molecule has 1 aliphatic heterocycles. The highest BCUT2D eigenvalue weighted by atomic mass is 35.5. The predicted molar refractivity (Wildman–Crippen MR) is 71.7 cm³/mol. The first kappa shape index (κ1) is 14.3. The maximum atomic E-state index is 13.0. The number of rotatable bonds is 4. The predicted octanol–water partition coefficient (Wildman–Crippen LogP) is 3.31. The van der Waals surface area contributed by atoms with E-state index in [1.54, 1.807) is 6.07 Å². The minimum absolute atomic E-state index is 0.0485. The van der Waals surface area contributed by atoms with Crippen molar-refractivity contribution < 1.29 is 14.3 Å². The molecule has 104 valence electrons. The lowest BCUT2D eigenvalue weighted by Gasteiger charge is -2.35. The van der Waals surface area contributed by atoms with Gasteiger partial charge in [-0.1, -0.05) is 24.1 Å². The number of carboxylic acid groups (broad SMARTS) is 1. The number of halogens is 2. The normalized spacial score (nSPS) is 20.4. The van der Waals surface area contributed by atoms with E-state index < -0.39 is 5.97 Å². The molecule has 3 nitrogen and oxygen atoms in total. The molecule has 1 atom stereocenters. The number of carboxylic acids is 1. The van der Waals surface area contributed by atoms with Crippen molar-refractivity contribution in [2.45, 2.75) is 38.3 Å². The lowest BCUT2D eigenvalue weighted by Crippen LogP contribution is -2.40. The second-order valence-corrected chi connectivity index (χ2v) is 5.36. The second kappa shape index (κ2) is 6.35. The minimum Gasteiger partial charge on any atom is -0.481 e. The molecule has 1 fully saturated rings. The Hall–Kier alpha value is -1.13. The van der Waals surface area contributed by atoms with Gasteiger partial charge in [-0.2, -0.15) is 0 Å². The van der Waals surface area contributed by atoms with Crippen LogP contribution in [0.3, 0.4) is 0 Å². The van der Waals surface area contributed by atoms with Gasteiger partial charge in [-0.3, -0.25) is 9.69 Å². The van der Waals surface area contributed by atoms with Crippen molar-refractivity contribution in [3.63, 3.8) is 0 Å². The minimum atomic E-state index is -0.776. The van der Waals surface area contributed by atoms with Gasteiger partial charge >= 0.3 is 5.97 Å². The fraction of sp³-hybridized carbons (Fsp3) is 0.500. The van der Waals surface area contributed by atoms with Crippen LogP contribution in [-0.4, -0.2) is 28.6 Å². The smallest absolute Gasteiger partial charge is 0.304 e. The molecule has 1 N–H and O–H groups in total. The van der Waals surface area contributed by atoms with Crippen LogP contribution in [0.25, 0.3) is 0 Å². The van der Waals surface area contributed by atoms with E-state index in [0.717, 1.165) is 31.4 Å². The summed E-state index contributed by atoms with van der Waals surface area (Å²) in [5.41, 5.74) is 0.848. The summed E-state index contributed by atoms with van der Waals surface area (Å²) in [7, 11) is 0. The number of hydrogen-bond donors (Lipinski definition) is 1. The molecule has 1 saturated heterocycles. The summed E-state index contributed by atoms with van der Waals surface area (Å²) in [5, 5.41) is 9.34. The number of likely N-dealkylation sites (tertiary alicyclic amines) is 1. The van der Waals surface area contributed by atoms with Crippen molar-refractivity contribution >= 4 is 17.6 Å². The Morgan fingerprint density at radius 3 is 2.95 bits per heavy atom. The fourth-order valence-electron chi connectivity index (χ4n) is 2.57. The molecular weight excluding hydrogens is 269 g/mol. The molecule has 0 bridgehead atoms. The standard InChI is InChI=1S/C14H17ClFNO2/c15-13-7-11(16)5-4-10(13)9-17-6-2-1-3-12(17)8-14(18)19/h4-5,7,12H,1-3,6,8-9H2,(H,18,19)/t12-/m1/s1. The van der Waals surface area contributed by atoms with Gasteiger partial charge in [0.15, 0.2) is 0 Å². The summed E-state index contributed by atoms with van der Waals surface area (Å²) in [5.74, 6) is -1.13. The van der Waals surface area contributed by atoms with E-state index in [4.69, 9.17) is 16.7 Å². The third-order valence-corrected chi connectivity index (χ3v) is 3.90. The Morgan fingerprint density at radius 2 is 2.26 bits per heavy atom. The Bertz CT molecular complexity index is 467. The second-order valence-electron chi connectivity index (χ2n) is 4.95.